The fraction of sp³-hybridized carbons (Fsp3) is 0.438. The molecule has 1 atom stereocenters. The zero-order valence-corrected chi connectivity index (χ0v) is 13.1. The van der Waals surface area contributed by atoms with E-state index in [1.54, 1.807) is 18.2 Å². The van der Waals surface area contributed by atoms with Crippen molar-refractivity contribution in [3.05, 3.63) is 36.4 Å². The molecule has 3 rings (SSSR count). The van der Waals surface area contributed by atoms with Gasteiger partial charge in [0.15, 0.2) is 0 Å². The van der Waals surface area contributed by atoms with Gasteiger partial charge in [-0.25, -0.2) is 13.1 Å². The number of nitrogens with one attached hydrogen (secondary N) is 2. The number of allylic oxidation sites excluding steroid dienone is 2. The summed E-state index contributed by atoms with van der Waals surface area (Å²) in [6.07, 6.45) is 8.42. The first-order chi connectivity index (χ1) is 10.5. The zero-order valence-electron chi connectivity index (χ0n) is 12.3. The van der Waals surface area contributed by atoms with Crippen LogP contribution in [0.3, 0.4) is 0 Å². The van der Waals surface area contributed by atoms with Gasteiger partial charge in [0.05, 0.1) is 4.90 Å². The summed E-state index contributed by atoms with van der Waals surface area (Å²) < 4.78 is 27.0. The summed E-state index contributed by atoms with van der Waals surface area (Å²) in [5.41, 5.74) is 0.519. The zero-order chi connectivity index (χ0) is 15.6. The average molecular weight is 320 g/mol. The number of amides is 1. The van der Waals surface area contributed by atoms with Crippen LogP contribution < -0.4 is 10.0 Å². The van der Waals surface area contributed by atoms with Gasteiger partial charge in [-0.1, -0.05) is 18.2 Å². The highest BCUT2D eigenvalue weighted by Gasteiger charge is 2.28. The van der Waals surface area contributed by atoms with Crippen LogP contribution in [0.1, 0.15) is 32.1 Å². The van der Waals surface area contributed by atoms with Gasteiger partial charge in [-0.3, -0.25) is 4.79 Å². The molecule has 1 unspecified atom stereocenters. The molecule has 2 aliphatic rings. The number of carbonyl (C=O) groups excluding carboxylic acids is 1. The molecule has 2 aliphatic carbocycles. The number of anilines is 1. The minimum absolute atomic E-state index is 0.0670. The monoisotopic (exact) mass is 320 g/mol. The summed E-state index contributed by atoms with van der Waals surface area (Å²) in [5, 5.41) is 2.79. The van der Waals surface area contributed by atoms with Crippen molar-refractivity contribution in [2.24, 2.45) is 5.92 Å². The van der Waals surface area contributed by atoms with Gasteiger partial charge in [0, 0.05) is 18.2 Å². The Morgan fingerprint density at radius 2 is 2.05 bits per heavy atom. The van der Waals surface area contributed by atoms with Crippen LogP contribution in [0.4, 0.5) is 5.69 Å². The first kappa shape index (κ1) is 15.2. The molecule has 6 heteroatoms. The van der Waals surface area contributed by atoms with Crippen molar-refractivity contribution < 1.29 is 13.2 Å². The first-order valence-corrected chi connectivity index (χ1v) is 9.10. The van der Waals surface area contributed by atoms with E-state index in [2.05, 4.69) is 22.2 Å². The normalized spacial score (nSPS) is 21.0. The summed E-state index contributed by atoms with van der Waals surface area (Å²) >= 11 is 0. The van der Waals surface area contributed by atoms with E-state index in [0.717, 1.165) is 25.7 Å². The fourth-order valence-electron chi connectivity index (χ4n) is 2.55. The van der Waals surface area contributed by atoms with Crippen LogP contribution >= 0.6 is 0 Å². The standard InChI is InChI=1S/C16H20N2O3S/c19-16(10-12-4-1-2-5-12)17-14-6-3-7-15(11-14)22(20,21)18-13-8-9-13/h1,3-4,6-7,11-13,18H,2,5,8-10H2,(H,17,19). The van der Waals surface area contributed by atoms with Gasteiger partial charge < -0.3 is 5.32 Å². The predicted molar refractivity (Wildman–Crippen MR) is 84.9 cm³/mol. The third-order valence-electron chi connectivity index (χ3n) is 3.89. The van der Waals surface area contributed by atoms with Gasteiger partial charge in [-0.05, 0) is 49.8 Å². The lowest BCUT2D eigenvalue weighted by Crippen LogP contribution is -2.25. The van der Waals surface area contributed by atoms with Gasteiger partial charge in [0.2, 0.25) is 15.9 Å². The van der Waals surface area contributed by atoms with Crippen molar-refractivity contribution in [3.63, 3.8) is 0 Å². The SMILES string of the molecule is O=C(CC1C=CCC1)Nc1cccc(S(=O)(=O)NC2CC2)c1. The number of carbonyl (C=O) groups is 1. The Labute approximate surface area is 130 Å². The van der Waals surface area contributed by atoms with Gasteiger partial charge >= 0.3 is 0 Å². The minimum atomic E-state index is -3.49. The van der Waals surface area contributed by atoms with Crippen LogP contribution in [-0.2, 0) is 14.8 Å². The number of hydrogen-bond donors (Lipinski definition) is 2. The van der Waals surface area contributed by atoms with E-state index in [1.165, 1.54) is 6.07 Å². The molecule has 0 radical (unpaired) electrons. The maximum atomic E-state index is 12.2. The van der Waals surface area contributed by atoms with E-state index >= 15 is 0 Å². The molecular formula is C16H20N2O3S. The highest BCUT2D eigenvalue weighted by atomic mass is 32.2. The third kappa shape index (κ3) is 3.96. The minimum Gasteiger partial charge on any atom is -0.326 e. The summed E-state index contributed by atoms with van der Waals surface area (Å²) in [6.45, 7) is 0. The molecule has 2 N–H and O–H groups in total. The Bertz CT molecular complexity index is 693. The summed E-state index contributed by atoms with van der Waals surface area (Å²) in [5.74, 6) is 0.213. The van der Waals surface area contributed by atoms with E-state index < -0.39 is 10.0 Å². The molecule has 118 valence electrons. The van der Waals surface area contributed by atoms with Crippen molar-refractivity contribution in [1.29, 1.82) is 0 Å². The van der Waals surface area contributed by atoms with Gasteiger partial charge in [0.25, 0.3) is 0 Å². The molecule has 22 heavy (non-hydrogen) atoms. The first-order valence-electron chi connectivity index (χ1n) is 7.62. The molecule has 0 heterocycles. The lowest BCUT2D eigenvalue weighted by Gasteiger charge is -2.10. The largest absolute Gasteiger partial charge is 0.326 e. The molecule has 0 spiro atoms. The van der Waals surface area contributed by atoms with E-state index in [9.17, 15) is 13.2 Å². The summed E-state index contributed by atoms with van der Waals surface area (Å²) in [4.78, 5) is 12.2. The molecule has 1 amide bonds. The van der Waals surface area contributed by atoms with Gasteiger partial charge in [-0.2, -0.15) is 0 Å². The number of rotatable bonds is 6. The van der Waals surface area contributed by atoms with Crippen LogP contribution in [-0.4, -0.2) is 20.4 Å². The highest BCUT2D eigenvalue weighted by molar-refractivity contribution is 7.89. The number of benzene rings is 1. The van der Waals surface area contributed by atoms with Crippen molar-refractivity contribution >= 4 is 21.6 Å². The van der Waals surface area contributed by atoms with E-state index in [0.29, 0.717) is 18.0 Å². The van der Waals surface area contributed by atoms with E-state index in [-0.39, 0.29) is 16.8 Å². The van der Waals surface area contributed by atoms with E-state index in [4.69, 9.17) is 0 Å². The quantitative estimate of drug-likeness (QED) is 0.790. The van der Waals surface area contributed by atoms with Crippen molar-refractivity contribution in [2.75, 3.05) is 5.32 Å². The third-order valence-corrected chi connectivity index (χ3v) is 5.41. The lowest BCUT2D eigenvalue weighted by atomic mass is 10.1. The Morgan fingerprint density at radius 1 is 1.23 bits per heavy atom. The van der Waals surface area contributed by atoms with Crippen LogP contribution in [0.15, 0.2) is 41.3 Å². The molecule has 1 aromatic rings. The topological polar surface area (TPSA) is 75.3 Å². The Hall–Kier alpha value is -1.66. The number of sulfonamides is 1. The molecule has 0 bridgehead atoms. The second-order valence-electron chi connectivity index (χ2n) is 5.94. The molecule has 5 nitrogen and oxygen atoms in total. The van der Waals surface area contributed by atoms with Crippen molar-refractivity contribution in [2.45, 2.75) is 43.0 Å². The molecule has 1 saturated carbocycles. The smallest absolute Gasteiger partial charge is 0.240 e. The van der Waals surface area contributed by atoms with Crippen LogP contribution in [0.2, 0.25) is 0 Å². The van der Waals surface area contributed by atoms with Crippen molar-refractivity contribution in [1.82, 2.24) is 4.72 Å². The Morgan fingerprint density at radius 3 is 2.73 bits per heavy atom. The average Bonchev–Trinajstić information content (AvgIpc) is 3.11. The summed E-state index contributed by atoms with van der Waals surface area (Å²) in [6, 6.07) is 6.47. The molecule has 1 aromatic carbocycles. The Kier molecular flexibility index (Phi) is 4.31. The van der Waals surface area contributed by atoms with E-state index in [1.807, 2.05) is 0 Å². The van der Waals surface area contributed by atoms with Crippen LogP contribution in [0, 0.1) is 5.92 Å². The molecular weight excluding hydrogens is 300 g/mol. The predicted octanol–water partition coefficient (Wildman–Crippen LogP) is 2.42. The molecule has 0 saturated heterocycles. The molecule has 0 aliphatic heterocycles. The summed E-state index contributed by atoms with van der Waals surface area (Å²) in [7, 11) is -3.49. The maximum absolute atomic E-state index is 12.2. The lowest BCUT2D eigenvalue weighted by molar-refractivity contribution is -0.116. The van der Waals surface area contributed by atoms with Crippen LogP contribution in [0.25, 0.3) is 0 Å². The fourth-order valence-corrected chi connectivity index (χ4v) is 3.90. The molecule has 0 aromatic heterocycles. The highest BCUT2D eigenvalue weighted by Crippen LogP contribution is 2.24. The van der Waals surface area contributed by atoms with Gasteiger partial charge in [-0.15, -0.1) is 0 Å². The van der Waals surface area contributed by atoms with Crippen LogP contribution in [0.5, 0.6) is 0 Å². The maximum Gasteiger partial charge on any atom is 0.240 e. The van der Waals surface area contributed by atoms with Gasteiger partial charge in [0.1, 0.15) is 0 Å². The second kappa shape index (κ2) is 6.22. The molecule has 1 fully saturated rings. The van der Waals surface area contributed by atoms with Crippen molar-refractivity contribution in [3.8, 4) is 0 Å². The second-order valence-corrected chi connectivity index (χ2v) is 7.66. The Balaban J connectivity index is 1.65. The number of hydrogen-bond acceptors (Lipinski definition) is 3.